The van der Waals surface area contributed by atoms with Crippen LogP contribution in [0.1, 0.15) is 64.7 Å². The smallest absolute Gasteiger partial charge is 0.184 e. The molecule has 2 heteroatoms. The molecule has 0 aromatic carbocycles. The van der Waals surface area contributed by atoms with Crippen LogP contribution in [0, 0.1) is 17.3 Å². The zero-order chi connectivity index (χ0) is 16.2. The van der Waals surface area contributed by atoms with Gasteiger partial charge in [-0.25, -0.2) is 0 Å². The lowest BCUT2D eigenvalue weighted by Crippen LogP contribution is -2.38. The number of fused-ring (bicyclic) bond motifs is 4. The SMILES string of the molecule is C[C@]12CC=C3C4=C(CC[C@H]3[C@@H]1CCC2)CC(O[Si](C)(C)C)CC4. The summed E-state index contributed by atoms with van der Waals surface area (Å²) in [4.78, 5) is 0. The molecule has 1 fully saturated rings. The van der Waals surface area contributed by atoms with Crippen LogP contribution in [-0.2, 0) is 4.43 Å². The summed E-state index contributed by atoms with van der Waals surface area (Å²) >= 11 is 0. The van der Waals surface area contributed by atoms with Crippen LogP contribution in [0.4, 0.5) is 0 Å². The predicted octanol–water partition coefficient (Wildman–Crippen LogP) is 6.23. The second-order valence-electron chi connectivity index (χ2n) is 9.84. The quantitative estimate of drug-likeness (QED) is 0.545. The minimum Gasteiger partial charge on any atom is -0.414 e. The fourth-order valence-corrected chi connectivity index (χ4v) is 7.33. The molecule has 1 unspecified atom stereocenters. The molecule has 1 nitrogen and oxygen atoms in total. The molecule has 0 heterocycles. The highest BCUT2D eigenvalue weighted by Crippen LogP contribution is 2.59. The number of hydrogen-bond donors (Lipinski definition) is 0. The van der Waals surface area contributed by atoms with Crippen LogP contribution in [0.2, 0.25) is 19.6 Å². The molecular formula is C21H34OSi. The highest BCUT2D eigenvalue weighted by Gasteiger charge is 2.47. The van der Waals surface area contributed by atoms with E-state index >= 15 is 0 Å². The minimum absolute atomic E-state index is 0.512. The fraction of sp³-hybridized carbons (Fsp3) is 0.810. The average Bonchev–Trinajstić information content (AvgIpc) is 2.86. The molecule has 0 amide bonds. The van der Waals surface area contributed by atoms with Gasteiger partial charge in [0, 0.05) is 6.10 Å². The van der Waals surface area contributed by atoms with E-state index in [1.807, 2.05) is 0 Å². The zero-order valence-corrected chi connectivity index (χ0v) is 16.6. The van der Waals surface area contributed by atoms with E-state index in [4.69, 9.17) is 4.43 Å². The van der Waals surface area contributed by atoms with E-state index in [2.05, 4.69) is 32.6 Å². The van der Waals surface area contributed by atoms with Gasteiger partial charge in [0.2, 0.25) is 0 Å². The molecule has 0 spiro atoms. The maximum atomic E-state index is 6.43. The minimum atomic E-state index is -1.40. The lowest BCUT2D eigenvalue weighted by molar-refractivity contribution is 0.142. The van der Waals surface area contributed by atoms with Crippen molar-refractivity contribution in [1.82, 2.24) is 0 Å². The van der Waals surface area contributed by atoms with Gasteiger partial charge in [0.25, 0.3) is 0 Å². The molecule has 0 N–H and O–H groups in total. The molecule has 4 aliphatic rings. The highest BCUT2D eigenvalue weighted by atomic mass is 28.4. The van der Waals surface area contributed by atoms with Gasteiger partial charge >= 0.3 is 0 Å². The molecule has 0 aliphatic heterocycles. The Kier molecular flexibility index (Phi) is 3.92. The molecule has 1 saturated carbocycles. The van der Waals surface area contributed by atoms with Gasteiger partial charge in [-0.2, -0.15) is 0 Å². The normalized spacial score (nSPS) is 40.3. The third-order valence-corrected chi connectivity index (χ3v) is 8.12. The molecular weight excluding hydrogens is 296 g/mol. The molecule has 0 aromatic rings. The maximum absolute atomic E-state index is 6.43. The molecule has 4 rings (SSSR count). The second-order valence-corrected chi connectivity index (χ2v) is 14.3. The molecule has 0 saturated heterocycles. The predicted molar refractivity (Wildman–Crippen MR) is 100.0 cm³/mol. The molecule has 23 heavy (non-hydrogen) atoms. The van der Waals surface area contributed by atoms with Crippen LogP contribution in [0.3, 0.4) is 0 Å². The van der Waals surface area contributed by atoms with Gasteiger partial charge in [0.1, 0.15) is 0 Å². The standard InChI is InChI=1S/C21H34OSi/c1-21-12-5-6-20(21)19-9-7-15-14-16(22-23(2,3)4)8-10-17(15)18(19)11-13-21/h11,16,19-20H,5-10,12-14H2,1-4H3/t16?,19-,20+,21+/m1/s1. The molecule has 0 radical (unpaired) electrons. The Balaban J connectivity index is 1.56. The summed E-state index contributed by atoms with van der Waals surface area (Å²) in [5, 5.41) is 0. The fourth-order valence-electron chi connectivity index (χ4n) is 6.13. The summed E-state index contributed by atoms with van der Waals surface area (Å²) in [5.41, 5.74) is 5.97. The first-order valence-electron chi connectivity index (χ1n) is 9.95. The van der Waals surface area contributed by atoms with E-state index < -0.39 is 8.32 Å². The van der Waals surface area contributed by atoms with Crippen molar-refractivity contribution in [3.63, 3.8) is 0 Å². The van der Waals surface area contributed by atoms with Crippen molar-refractivity contribution in [1.29, 1.82) is 0 Å². The Morgan fingerprint density at radius 3 is 2.74 bits per heavy atom. The first-order chi connectivity index (χ1) is 10.9. The number of allylic oxidation sites excluding steroid dienone is 3. The number of hydrogen-bond acceptors (Lipinski definition) is 1. The highest BCUT2D eigenvalue weighted by molar-refractivity contribution is 6.69. The van der Waals surface area contributed by atoms with Gasteiger partial charge in [-0.15, -0.1) is 0 Å². The van der Waals surface area contributed by atoms with Crippen LogP contribution in [0.15, 0.2) is 22.8 Å². The zero-order valence-electron chi connectivity index (χ0n) is 15.6. The molecule has 0 aromatic heterocycles. The van der Waals surface area contributed by atoms with E-state index in [1.165, 1.54) is 57.8 Å². The number of rotatable bonds is 2. The van der Waals surface area contributed by atoms with Crippen molar-refractivity contribution in [2.24, 2.45) is 17.3 Å². The van der Waals surface area contributed by atoms with Gasteiger partial charge < -0.3 is 4.43 Å². The van der Waals surface area contributed by atoms with Gasteiger partial charge in [-0.05, 0) is 99.4 Å². The lowest BCUT2D eigenvalue weighted by atomic mass is 9.59. The van der Waals surface area contributed by atoms with Crippen molar-refractivity contribution in [2.45, 2.75) is 90.5 Å². The lowest BCUT2D eigenvalue weighted by Gasteiger charge is -2.46. The van der Waals surface area contributed by atoms with Crippen molar-refractivity contribution >= 4 is 8.32 Å². The summed E-state index contributed by atoms with van der Waals surface area (Å²) in [6.45, 7) is 9.57. The van der Waals surface area contributed by atoms with Crippen molar-refractivity contribution in [2.75, 3.05) is 0 Å². The van der Waals surface area contributed by atoms with Crippen LogP contribution in [0.5, 0.6) is 0 Å². The third kappa shape index (κ3) is 2.91. The first-order valence-corrected chi connectivity index (χ1v) is 13.4. The Hall–Kier alpha value is -0.343. The van der Waals surface area contributed by atoms with Crippen LogP contribution < -0.4 is 0 Å². The largest absolute Gasteiger partial charge is 0.414 e. The van der Waals surface area contributed by atoms with Crippen molar-refractivity contribution in [3.8, 4) is 0 Å². The Labute approximate surface area is 143 Å². The van der Waals surface area contributed by atoms with Crippen LogP contribution in [-0.4, -0.2) is 14.4 Å². The summed E-state index contributed by atoms with van der Waals surface area (Å²) in [5.74, 6) is 1.87. The Morgan fingerprint density at radius 1 is 1.13 bits per heavy atom. The van der Waals surface area contributed by atoms with Gasteiger partial charge in [0.15, 0.2) is 8.32 Å². The van der Waals surface area contributed by atoms with Crippen molar-refractivity contribution < 1.29 is 4.43 Å². The summed E-state index contributed by atoms with van der Waals surface area (Å²) in [6.07, 6.45) is 15.5. The molecule has 128 valence electrons. The summed E-state index contributed by atoms with van der Waals surface area (Å²) < 4.78 is 6.43. The van der Waals surface area contributed by atoms with E-state index in [0.29, 0.717) is 11.5 Å². The van der Waals surface area contributed by atoms with Gasteiger partial charge in [-0.3, -0.25) is 0 Å². The van der Waals surface area contributed by atoms with E-state index in [1.54, 1.807) is 16.7 Å². The molecule has 4 aliphatic carbocycles. The molecule has 4 atom stereocenters. The Bertz CT molecular complexity index is 553. The van der Waals surface area contributed by atoms with Gasteiger partial charge in [-0.1, -0.05) is 25.0 Å². The van der Waals surface area contributed by atoms with E-state index in [9.17, 15) is 0 Å². The summed E-state index contributed by atoms with van der Waals surface area (Å²) in [7, 11) is -1.40. The molecule has 0 bridgehead atoms. The monoisotopic (exact) mass is 330 g/mol. The van der Waals surface area contributed by atoms with E-state index in [-0.39, 0.29) is 0 Å². The van der Waals surface area contributed by atoms with Crippen LogP contribution in [0.25, 0.3) is 0 Å². The Morgan fingerprint density at radius 2 is 1.96 bits per heavy atom. The third-order valence-electron chi connectivity index (χ3n) is 7.07. The second kappa shape index (κ2) is 5.59. The maximum Gasteiger partial charge on any atom is 0.184 e. The van der Waals surface area contributed by atoms with E-state index in [0.717, 1.165) is 11.8 Å². The first kappa shape index (κ1) is 16.1. The van der Waals surface area contributed by atoms with Gasteiger partial charge in [0.05, 0.1) is 0 Å². The summed E-state index contributed by atoms with van der Waals surface area (Å²) in [6, 6.07) is 0. The average molecular weight is 331 g/mol. The topological polar surface area (TPSA) is 9.23 Å². The van der Waals surface area contributed by atoms with Crippen molar-refractivity contribution in [3.05, 3.63) is 22.8 Å². The van der Waals surface area contributed by atoms with Crippen LogP contribution >= 0.6 is 0 Å².